The molecule has 0 N–H and O–H groups in total. The maximum Gasteiger partial charge on any atom is 0.302 e. The second-order valence-electron chi connectivity index (χ2n) is 13.3. The van der Waals surface area contributed by atoms with Gasteiger partial charge in [0, 0.05) is 25.4 Å². The normalized spacial score (nSPS) is 12.7. The van der Waals surface area contributed by atoms with E-state index in [1.54, 1.807) is 34.9 Å². The summed E-state index contributed by atoms with van der Waals surface area (Å²) in [6.45, 7) is 7.54. The molecule has 0 aromatic carbocycles. The second kappa shape index (κ2) is 32.4. The van der Waals surface area contributed by atoms with Crippen molar-refractivity contribution in [1.29, 1.82) is 0 Å². The smallest absolute Gasteiger partial charge is 0.302 e. The number of ether oxygens (including phenoxy) is 2. The summed E-state index contributed by atoms with van der Waals surface area (Å²) in [5, 5.41) is 8.74. The lowest BCUT2D eigenvalue weighted by molar-refractivity contribution is -0.146. The van der Waals surface area contributed by atoms with Crippen molar-refractivity contribution >= 4 is 46.8 Å². The van der Waals surface area contributed by atoms with Crippen LogP contribution in [0.15, 0.2) is 8.68 Å². The molecule has 0 bridgehead atoms. The molecule has 0 spiro atoms. The van der Waals surface area contributed by atoms with Crippen LogP contribution in [0.2, 0.25) is 0 Å². The predicted octanol–water partition coefficient (Wildman–Crippen LogP) is 12.8. The number of nitrogens with zero attached hydrogens (tertiary/aromatic N) is 2. The van der Waals surface area contributed by atoms with E-state index in [0.29, 0.717) is 11.5 Å². The third-order valence-corrected chi connectivity index (χ3v) is 12.1. The maximum atomic E-state index is 11.7. The van der Waals surface area contributed by atoms with Crippen LogP contribution in [-0.4, -0.2) is 45.8 Å². The number of carbonyl (C=O) groups excluding carboxylic acids is 2. The standard InChI is InChI=1S/C38H70N2O4S3/c1-5-7-9-11-13-15-17-19-21-23-25-27-29-35(43-33(3)41)31-45-37-39-40-38(47-37)46-32-36(44-34(4)42)30-28-26-24-22-20-18-16-14-12-10-8-6-2/h35-36H,5-32H2,1-4H3. The van der Waals surface area contributed by atoms with E-state index in [2.05, 4.69) is 24.0 Å². The maximum absolute atomic E-state index is 11.7. The molecule has 1 heterocycles. The fourth-order valence-corrected chi connectivity index (χ4v) is 9.04. The first-order valence-corrected chi connectivity index (χ1v) is 22.2. The number of hydrogen-bond acceptors (Lipinski definition) is 9. The molecule has 0 aliphatic rings. The fourth-order valence-electron chi connectivity index (χ4n) is 5.89. The molecular weight excluding hydrogens is 645 g/mol. The van der Waals surface area contributed by atoms with Gasteiger partial charge in [0.25, 0.3) is 0 Å². The highest BCUT2D eigenvalue weighted by molar-refractivity contribution is 8.03. The van der Waals surface area contributed by atoms with Gasteiger partial charge in [-0.1, -0.05) is 190 Å². The molecule has 274 valence electrons. The highest BCUT2D eigenvalue weighted by Gasteiger charge is 2.17. The zero-order valence-electron chi connectivity index (χ0n) is 30.7. The number of thioether (sulfide) groups is 2. The first kappa shape index (κ1) is 44.2. The molecule has 0 saturated carbocycles. The quantitative estimate of drug-likeness (QED) is 0.0396. The van der Waals surface area contributed by atoms with E-state index in [-0.39, 0.29) is 24.1 Å². The number of rotatable bonds is 34. The van der Waals surface area contributed by atoms with Crippen molar-refractivity contribution in [3.05, 3.63) is 0 Å². The van der Waals surface area contributed by atoms with Gasteiger partial charge in [-0.15, -0.1) is 10.2 Å². The van der Waals surface area contributed by atoms with E-state index >= 15 is 0 Å². The zero-order valence-corrected chi connectivity index (χ0v) is 33.2. The van der Waals surface area contributed by atoms with E-state index < -0.39 is 0 Å². The summed E-state index contributed by atoms with van der Waals surface area (Å²) in [4.78, 5) is 23.4. The minimum absolute atomic E-state index is 0.0930. The Bertz CT molecular complexity index is 803. The lowest BCUT2D eigenvalue weighted by atomic mass is 10.0. The van der Waals surface area contributed by atoms with Crippen LogP contribution >= 0.6 is 34.9 Å². The van der Waals surface area contributed by atoms with Gasteiger partial charge >= 0.3 is 11.9 Å². The average Bonchev–Trinajstić information content (AvgIpc) is 3.50. The Morgan fingerprint density at radius 2 is 0.787 bits per heavy atom. The monoisotopic (exact) mass is 714 g/mol. The van der Waals surface area contributed by atoms with Crippen LogP contribution in [0.5, 0.6) is 0 Å². The average molecular weight is 715 g/mol. The molecule has 0 fully saturated rings. The summed E-state index contributed by atoms with van der Waals surface area (Å²) < 4.78 is 13.1. The minimum atomic E-state index is -0.215. The van der Waals surface area contributed by atoms with Crippen molar-refractivity contribution in [2.45, 2.75) is 216 Å². The molecule has 1 rings (SSSR count). The molecule has 1 aromatic heterocycles. The van der Waals surface area contributed by atoms with Gasteiger partial charge in [-0.3, -0.25) is 9.59 Å². The van der Waals surface area contributed by atoms with Gasteiger partial charge in [-0.05, 0) is 25.7 Å². The number of hydrogen-bond donors (Lipinski definition) is 0. The van der Waals surface area contributed by atoms with Crippen molar-refractivity contribution in [2.75, 3.05) is 11.5 Å². The van der Waals surface area contributed by atoms with Crippen molar-refractivity contribution in [2.24, 2.45) is 0 Å². The molecule has 0 amide bonds. The molecule has 2 atom stereocenters. The van der Waals surface area contributed by atoms with Crippen LogP contribution in [-0.2, 0) is 19.1 Å². The van der Waals surface area contributed by atoms with E-state index in [9.17, 15) is 9.59 Å². The third kappa shape index (κ3) is 28.7. The summed E-state index contributed by atoms with van der Waals surface area (Å²) in [7, 11) is 0. The Hall–Kier alpha value is -0.800. The molecule has 9 heteroatoms. The fraction of sp³-hybridized carbons (Fsp3) is 0.895. The lowest BCUT2D eigenvalue weighted by Crippen LogP contribution is -2.19. The first-order chi connectivity index (χ1) is 22.9. The highest BCUT2D eigenvalue weighted by atomic mass is 32.2. The number of unbranched alkanes of at least 4 members (excludes halogenated alkanes) is 22. The number of esters is 2. The molecule has 0 aliphatic carbocycles. The van der Waals surface area contributed by atoms with Crippen LogP contribution in [0.4, 0.5) is 0 Å². The summed E-state index contributed by atoms with van der Waals surface area (Å²) in [5.74, 6) is 0.971. The molecule has 1 aromatic rings. The predicted molar refractivity (Wildman–Crippen MR) is 204 cm³/mol. The van der Waals surface area contributed by atoms with Crippen molar-refractivity contribution in [3.63, 3.8) is 0 Å². The number of aromatic nitrogens is 2. The molecule has 2 unspecified atom stereocenters. The topological polar surface area (TPSA) is 78.4 Å². The van der Waals surface area contributed by atoms with Crippen LogP contribution in [0.1, 0.15) is 195 Å². The number of carbonyl (C=O) groups is 2. The molecule has 47 heavy (non-hydrogen) atoms. The van der Waals surface area contributed by atoms with Crippen molar-refractivity contribution in [3.8, 4) is 0 Å². The van der Waals surface area contributed by atoms with E-state index in [0.717, 1.165) is 34.4 Å². The molecule has 6 nitrogen and oxygen atoms in total. The minimum Gasteiger partial charge on any atom is -0.462 e. The van der Waals surface area contributed by atoms with Gasteiger partial charge in [-0.2, -0.15) is 0 Å². The second-order valence-corrected chi connectivity index (χ2v) is 16.8. The van der Waals surface area contributed by atoms with Crippen LogP contribution < -0.4 is 0 Å². The van der Waals surface area contributed by atoms with Gasteiger partial charge in [0.1, 0.15) is 12.2 Å². The largest absolute Gasteiger partial charge is 0.462 e. The van der Waals surface area contributed by atoms with Gasteiger partial charge in [0.15, 0.2) is 8.68 Å². The van der Waals surface area contributed by atoms with Crippen molar-refractivity contribution in [1.82, 2.24) is 10.2 Å². The van der Waals surface area contributed by atoms with Gasteiger partial charge < -0.3 is 9.47 Å². The molecule has 0 aliphatic heterocycles. The summed E-state index contributed by atoms with van der Waals surface area (Å²) in [6, 6.07) is 0. The lowest BCUT2D eigenvalue weighted by Gasteiger charge is -2.16. The molecule has 0 radical (unpaired) electrons. The zero-order chi connectivity index (χ0) is 34.2. The Morgan fingerprint density at radius 1 is 0.511 bits per heavy atom. The Labute approximate surface area is 301 Å². The summed E-state index contributed by atoms with van der Waals surface area (Å²) >= 11 is 4.81. The molecular formula is C38H70N2O4S3. The van der Waals surface area contributed by atoms with Crippen molar-refractivity contribution < 1.29 is 19.1 Å². The molecule has 0 saturated heterocycles. The summed E-state index contributed by atoms with van der Waals surface area (Å²) in [6.07, 6.45) is 33.3. The first-order valence-electron chi connectivity index (χ1n) is 19.4. The van der Waals surface area contributed by atoms with Crippen LogP contribution in [0.3, 0.4) is 0 Å². The Kier molecular flexibility index (Phi) is 30.5. The van der Waals surface area contributed by atoms with E-state index in [1.807, 2.05) is 0 Å². The van der Waals surface area contributed by atoms with E-state index in [4.69, 9.17) is 9.47 Å². The van der Waals surface area contributed by atoms with E-state index in [1.165, 1.54) is 155 Å². The third-order valence-electron chi connectivity index (χ3n) is 8.60. The van der Waals surface area contributed by atoms with Crippen LogP contribution in [0, 0.1) is 0 Å². The Balaban J connectivity index is 2.24. The Morgan fingerprint density at radius 3 is 1.06 bits per heavy atom. The highest BCUT2D eigenvalue weighted by Crippen LogP contribution is 2.31. The summed E-state index contributed by atoms with van der Waals surface area (Å²) in [5.41, 5.74) is 0. The van der Waals surface area contributed by atoms with Gasteiger partial charge in [0.2, 0.25) is 0 Å². The van der Waals surface area contributed by atoms with Gasteiger partial charge in [-0.25, -0.2) is 0 Å². The van der Waals surface area contributed by atoms with Gasteiger partial charge in [0.05, 0.1) is 0 Å². The van der Waals surface area contributed by atoms with Crippen LogP contribution in [0.25, 0.3) is 0 Å². The SMILES string of the molecule is CCCCCCCCCCCCCCC(CSc1nnc(SCC(CCCCCCCCCCCCCC)OC(C)=O)s1)OC(C)=O.